The number of nitrogens with zero attached hydrogens (tertiary/aromatic N) is 1. The van der Waals surface area contributed by atoms with Crippen molar-refractivity contribution in [2.45, 2.75) is 22.7 Å². The molecule has 33 heavy (non-hydrogen) atoms. The summed E-state index contributed by atoms with van der Waals surface area (Å²) in [5.74, 6) is 0.0185. The summed E-state index contributed by atoms with van der Waals surface area (Å²) in [5, 5.41) is 4.49. The molecule has 2 aliphatic heterocycles. The van der Waals surface area contributed by atoms with Gasteiger partial charge in [0.25, 0.3) is 5.91 Å². The number of rotatable bonds is 5. The van der Waals surface area contributed by atoms with Crippen molar-refractivity contribution >= 4 is 38.9 Å². The number of thiophene rings is 1. The topological polar surface area (TPSA) is 105 Å². The summed E-state index contributed by atoms with van der Waals surface area (Å²) in [7, 11) is -2.18. The van der Waals surface area contributed by atoms with E-state index >= 15 is 0 Å². The summed E-state index contributed by atoms with van der Waals surface area (Å²) in [6, 6.07) is 14.3. The van der Waals surface area contributed by atoms with Crippen molar-refractivity contribution in [2.75, 3.05) is 19.0 Å². The van der Waals surface area contributed by atoms with Crippen molar-refractivity contribution in [1.82, 2.24) is 9.62 Å². The first-order valence-corrected chi connectivity index (χ1v) is 12.7. The van der Waals surface area contributed by atoms with Gasteiger partial charge in [-0.1, -0.05) is 24.3 Å². The van der Waals surface area contributed by atoms with E-state index in [1.165, 1.54) is 11.0 Å². The van der Waals surface area contributed by atoms with E-state index < -0.39 is 28.0 Å². The number of nitrogens with one attached hydrogen (secondary N) is 2. The quantitative estimate of drug-likeness (QED) is 0.581. The molecule has 0 aliphatic carbocycles. The van der Waals surface area contributed by atoms with Gasteiger partial charge in [0.1, 0.15) is 16.0 Å². The van der Waals surface area contributed by atoms with E-state index in [-0.39, 0.29) is 16.7 Å². The van der Waals surface area contributed by atoms with Crippen LogP contribution in [0.2, 0.25) is 0 Å². The van der Waals surface area contributed by atoms with Gasteiger partial charge in [-0.05, 0) is 53.3 Å². The Morgan fingerprint density at radius 2 is 1.85 bits per heavy atom. The molecular formula is C23H21N3O5S2. The van der Waals surface area contributed by atoms with Crippen LogP contribution in [0, 0.1) is 0 Å². The van der Waals surface area contributed by atoms with Crippen LogP contribution in [0.15, 0.2) is 64.2 Å². The molecule has 2 aliphatic rings. The van der Waals surface area contributed by atoms with Crippen LogP contribution in [-0.2, 0) is 14.8 Å². The highest BCUT2D eigenvalue weighted by atomic mass is 32.2. The summed E-state index contributed by atoms with van der Waals surface area (Å²) in [6.45, 7) is 0.279. The SMILES string of the molecule is COc1ccc(-c2ccc3c(c2)C(=O)N2CC[C@H](NS(=O)(=O)c4cccs4)[C@H]2C(=O)N3)cc1. The number of anilines is 1. The summed E-state index contributed by atoms with van der Waals surface area (Å²) in [5.41, 5.74) is 2.52. The van der Waals surface area contributed by atoms with Crippen LogP contribution in [0.3, 0.4) is 0 Å². The average molecular weight is 484 g/mol. The van der Waals surface area contributed by atoms with Crippen LogP contribution in [0.25, 0.3) is 11.1 Å². The summed E-state index contributed by atoms with van der Waals surface area (Å²) in [4.78, 5) is 27.9. The number of fused-ring (bicyclic) bond motifs is 2. The van der Waals surface area contributed by atoms with Gasteiger partial charge in [-0.2, -0.15) is 0 Å². The third-order valence-corrected chi connectivity index (χ3v) is 8.81. The Labute approximate surface area is 195 Å². The molecule has 0 bridgehead atoms. The van der Waals surface area contributed by atoms with Gasteiger partial charge in [-0.15, -0.1) is 11.3 Å². The first-order chi connectivity index (χ1) is 15.9. The second-order valence-corrected chi connectivity index (χ2v) is 10.8. The smallest absolute Gasteiger partial charge is 0.256 e. The van der Waals surface area contributed by atoms with E-state index in [4.69, 9.17) is 4.74 Å². The molecule has 170 valence electrons. The maximum absolute atomic E-state index is 13.4. The Hall–Kier alpha value is -3.21. The number of carbonyl (C=O) groups is 2. The highest BCUT2D eigenvalue weighted by Gasteiger charge is 2.46. The lowest BCUT2D eigenvalue weighted by molar-refractivity contribution is -0.120. The van der Waals surface area contributed by atoms with Gasteiger partial charge in [0.15, 0.2) is 0 Å². The third-order valence-electron chi connectivity index (χ3n) is 5.93. The van der Waals surface area contributed by atoms with Crippen molar-refractivity contribution < 1.29 is 22.7 Å². The van der Waals surface area contributed by atoms with Gasteiger partial charge in [0.2, 0.25) is 15.9 Å². The fourth-order valence-electron chi connectivity index (χ4n) is 4.30. The van der Waals surface area contributed by atoms with E-state index in [2.05, 4.69) is 10.0 Å². The van der Waals surface area contributed by atoms with Crippen molar-refractivity contribution in [1.29, 1.82) is 0 Å². The molecule has 2 atom stereocenters. The van der Waals surface area contributed by atoms with Crippen molar-refractivity contribution in [3.05, 3.63) is 65.5 Å². The predicted molar refractivity (Wildman–Crippen MR) is 125 cm³/mol. The Kier molecular flexibility index (Phi) is 5.43. The number of hydrogen-bond acceptors (Lipinski definition) is 6. The van der Waals surface area contributed by atoms with Crippen LogP contribution >= 0.6 is 11.3 Å². The maximum atomic E-state index is 13.4. The molecule has 0 saturated carbocycles. The molecule has 10 heteroatoms. The van der Waals surface area contributed by atoms with Gasteiger partial charge < -0.3 is 15.0 Å². The van der Waals surface area contributed by atoms with Gasteiger partial charge in [0.05, 0.1) is 24.4 Å². The van der Waals surface area contributed by atoms with E-state index in [0.29, 0.717) is 17.7 Å². The molecule has 1 saturated heterocycles. The predicted octanol–water partition coefficient (Wildman–Crippen LogP) is 2.94. The largest absolute Gasteiger partial charge is 0.497 e. The molecule has 1 aromatic heterocycles. The molecule has 5 rings (SSSR count). The Bertz CT molecular complexity index is 1320. The number of methoxy groups -OCH3 is 1. The molecule has 2 N–H and O–H groups in total. The molecule has 8 nitrogen and oxygen atoms in total. The maximum Gasteiger partial charge on any atom is 0.256 e. The van der Waals surface area contributed by atoms with E-state index in [1.807, 2.05) is 30.3 Å². The Balaban J connectivity index is 1.44. The van der Waals surface area contributed by atoms with Crippen molar-refractivity contribution in [3.63, 3.8) is 0 Å². The highest BCUT2D eigenvalue weighted by molar-refractivity contribution is 7.91. The number of hydrogen-bond donors (Lipinski definition) is 2. The van der Waals surface area contributed by atoms with E-state index in [9.17, 15) is 18.0 Å². The fourth-order valence-corrected chi connectivity index (χ4v) is 6.58. The molecule has 0 unspecified atom stereocenters. The Morgan fingerprint density at radius 1 is 1.09 bits per heavy atom. The van der Waals surface area contributed by atoms with Crippen molar-refractivity contribution in [3.8, 4) is 16.9 Å². The zero-order valence-corrected chi connectivity index (χ0v) is 19.3. The second-order valence-electron chi connectivity index (χ2n) is 7.87. The second kappa shape index (κ2) is 8.29. The van der Waals surface area contributed by atoms with Crippen LogP contribution in [0.4, 0.5) is 5.69 Å². The van der Waals surface area contributed by atoms with Crippen LogP contribution < -0.4 is 14.8 Å². The minimum Gasteiger partial charge on any atom is -0.497 e. The molecule has 2 amide bonds. The summed E-state index contributed by atoms with van der Waals surface area (Å²) in [6.07, 6.45) is 0.349. The van der Waals surface area contributed by atoms with Gasteiger partial charge in [-0.25, -0.2) is 13.1 Å². The molecule has 0 radical (unpaired) electrons. The number of amides is 2. The average Bonchev–Trinajstić information content (AvgIpc) is 3.48. The normalized spacial score (nSPS) is 20.1. The zero-order valence-electron chi connectivity index (χ0n) is 17.6. The summed E-state index contributed by atoms with van der Waals surface area (Å²) >= 11 is 1.10. The van der Waals surface area contributed by atoms with Gasteiger partial charge in [0, 0.05) is 6.54 Å². The first kappa shape index (κ1) is 21.6. The van der Waals surface area contributed by atoms with E-state index in [0.717, 1.165) is 28.2 Å². The minimum absolute atomic E-state index is 0.175. The molecule has 2 aromatic carbocycles. The van der Waals surface area contributed by atoms with Crippen molar-refractivity contribution in [2.24, 2.45) is 0 Å². The lowest BCUT2D eigenvalue weighted by atomic mass is 10.0. The molecular weight excluding hydrogens is 462 g/mol. The first-order valence-electron chi connectivity index (χ1n) is 10.3. The zero-order chi connectivity index (χ0) is 23.2. The van der Waals surface area contributed by atoms with E-state index in [1.54, 1.807) is 30.7 Å². The Morgan fingerprint density at radius 3 is 2.55 bits per heavy atom. The minimum atomic E-state index is -3.78. The third kappa shape index (κ3) is 3.90. The molecule has 1 fully saturated rings. The van der Waals surface area contributed by atoms with Gasteiger partial charge >= 0.3 is 0 Å². The number of sulfonamides is 1. The van der Waals surface area contributed by atoms with Gasteiger partial charge in [-0.3, -0.25) is 9.59 Å². The molecule has 3 aromatic rings. The molecule has 0 spiro atoms. The highest BCUT2D eigenvalue weighted by Crippen LogP contribution is 2.33. The number of benzene rings is 2. The van der Waals surface area contributed by atoms with Crippen LogP contribution in [-0.4, -0.2) is 50.9 Å². The molecule has 3 heterocycles. The monoisotopic (exact) mass is 483 g/mol. The standard InChI is InChI=1S/C23H21N3O5S2/c1-31-16-7-4-14(5-8-16)15-6-9-18-17(13-15)23(28)26-11-10-19(21(26)22(27)24-18)25-33(29,30)20-3-2-12-32-20/h2-9,12-13,19,21,25H,10-11H2,1H3,(H,24,27)/t19-,21-/m0/s1. The van der Waals surface area contributed by atoms with Crippen LogP contribution in [0.1, 0.15) is 16.8 Å². The fraction of sp³-hybridized carbons (Fsp3) is 0.217. The summed E-state index contributed by atoms with van der Waals surface area (Å²) < 4.78 is 33.4. The lowest BCUT2D eigenvalue weighted by Crippen LogP contribution is -2.51. The number of carbonyl (C=O) groups excluding carboxylic acids is 2. The lowest BCUT2D eigenvalue weighted by Gasteiger charge is -2.24. The number of ether oxygens (including phenoxy) is 1. The van der Waals surface area contributed by atoms with Crippen LogP contribution in [0.5, 0.6) is 5.75 Å².